The number of aromatic nitrogens is 1. The molecular weight excluding hydrogens is 510 g/mol. The van der Waals surface area contributed by atoms with Gasteiger partial charge in [-0.15, -0.1) is 22.4 Å². The largest absolute Gasteiger partial charge is 0.490 e. The summed E-state index contributed by atoms with van der Waals surface area (Å²) >= 11 is 1.70. The Morgan fingerprint density at radius 1 is 1.10 bits per heavy atom. The number of hydrogen-bond acceptors (Lipinski definition) is 7. The normalized spacial score (nSPS) is 12.0. The fourth-order valence-corrected chi connectivity index (χ4v) is 5.13. The molecular formula is C30H31N5O3S. The van der Waals surface area contributed by atoms with Crippen LogP contribution in [0.2, 0.25) is 0 Å². The summed E-state index contributed by atoms with van der Waals surface area (Å²) in [6.45, 7) is 5.30. The summed E-state index contributed by atoms with van der Waals surface area (Å²) in [5, 5.41) is 9.90. The van der Waals surface area contributed by atoms with Gasteiger partial charge in [0, 0.05) is 34.6 Å². The molecule has 1 atom stereocenters. The van der Waals surface area contributed by atoms with Gasteiger partial charge in [-0.05, 0) is 60.9 Å². The lowest BCUT2D eigenvalue weighted by atomic mass is 9.95. The van der Waals surface area contributed by atoms with Crippen LogP contribution in [0.3, 0.4) is 0 Å². The molecule has 8 nitrogen and oxygen atoms in total. The molecule has 39 heavy (non-hydrogen) atoms. The lowest BCUT2D eigenvalue weighted by Gasteiger charge is -2.12. The van der Waals surface area contributed by atoms with Crippen molar-refractivity contribution in [2.24, 2.45) is 16.1 Å². The van der Waals surface area contributed by atoms with E-state index in [2.05, 4.69) is 45.7 Å². The highest BCUT2D eigenvalue weighted by Gasteiger charge is 2.14. The fraction of sp³-hybridized carbons (Fsp3) is 0.267. The van der Waals surface area contributed by atoms with Crippen LogP contribution in [0.25, 0.3) is 21.3 Å². The van der Waals surface area contributed by atoms with E-state index in [0.29, 0.717) is 26.2 Å². The van der Waals surface area contributed by atoms with E-state index in [1.807, 2.05) is 37.3 Å². The number of nitrogens with one attached hydrogen (secondary N) is 1. The molecule has 2 aromatic heterocycles. The van der Waals surface area contributed by atoms with Gasteiger partial charge >= 0.3 is 0 Å². The molecule has 0 fully saturated rings. The SMILES string of the molecule is CC#C[C@@H](C/C(N)=N/N=N)c1ccc(OCc2ccc3scc(-c4ncc(OCCOC)cc4C)c3c2)cc1. The number of nitrogens with zero attached hydrogens (tertiary/aromatic N) is 3. The fourth-order valence-electron chi connectivity index (χ4n) is 4.21. The van der Waals surface area contributed by atoms with Crippen LogP contribution < -0.4 is 15.2 Å². The van der Waals surface area contributed by atoms with Crippen molar-refractivity contribution in [3.8, 4) is 34.6 Å². The average molecular weight is 542 g/mol. The van der Waals surface area contributed by atoms with E-state index in [-0.39, 0.29) is 11.8 Å². The van der Waals surface area contributed by atoms with E-state index in [1.54, 1.807) is 31.6 Å². The topological polar surface area (TPSA) is 115 Å². The molecule has 4 rings (SSSR count). The van der Waals surface area contributed by atoms with Gasteiger partial charge in [0.1, 0.15) is 30.5 Å². The van der Waals surface area contributed by atoms with Gasteiger partial charge in [0.05, 0.1) is 24.4 Å². The molecule has 2 heterocycles. The molecule has 0 amide bonds. The van der Waals surface area contributed by atoms with Crippen molar-refractivity contribution in [2.75, 3.05) is 20.3 Å². The number of aryl methyl sites for hydroxylation is 1. The van der Waals surface area contributed by atoms with Crippen molar-refractivity contribution in [2.45, 2.75) is 32.8 Å². The zero-order valence-corrected chi connectivity index (χ0v) is 23.0. The second-order valence-electron chi connectivity index (χ2n) is 8.86. The van der Waals surface area contributed by atoms with Crippen LogP contribution in [0.5, 0.6) is 11.5 Å². The molecule has 3 N–H and O–H groups in total. The molecule has 2 aromatic carbocycles. The van der Waals surface area contributed by atoms with E-state index < -0.39 is 0 Å². The minimum Gasteiger partial charge on any atom is -0.490 e. The lowest BCUT2D eigenvalue weighted by Crippen LogP contribution is -2.15. The molecule has 0 spiro atoms. The molecule has 0 radical (unpaired) electrons. The van der Waals surface area contributed by atoms with Crippen LogP contribution in [0.4, 0.5) is 0 Å². The third-order valence-corrected chi connectivity index (χ3v) is 7.06. The zero-order chi connectivity index (χ0) is 27.6. The van der Waals surface area contributed by atoms with Crippen molar-refractivity contribution in [1.82, 2.24) is 4.98 Å². The van der Waals surface area contributed by atoms with Crippen molar-refractivity contribution < 1.29 is 14.2 Å². The van der Waals surface area contributed by atoms with Crippen LogP contribution in [0.15, 0.2) is 70.4 Å². The number of ether oxygens (including phenoxy) is 3. The number of amidine groups is 1. The Morgan fingerprint density at radius 3 is 2.64 bits per heavy atom. The highest BCUT2D eigenvalue weighted by molar-refractivity contribution is 7.17. The molecule has 4 aromatic rings. The predicted octanol–water partition coefficient (Wildman–Crippen LogP) is 6.68. The maximum atomic E-state index is 6.86. The number of nitrogens with two attached hydrogens (primary N) is 1. The number of hydrogen-bond donors (Lipinski definition) is 2. The van der Waals surface area contributed by atoms with Crippen molar-refractivity contribution in [1.29, 1.82) is 5.53 Å². The molecule has 0 aliphatic rings. The monoisotopic (exact) mass is 541 g/mol. The molecule has 0 bridgehead atoms. The van der Waals surface area contributed by atoms with Gasteiger partial charge in [-0.25, -0.2) is 0 Å². The number of benzene rings is 2. The maximum Gasteiger partial charge on any atom is 0.138 e. The van der Waals surface area contributed by atoms with Crippen LogP contribution in [0.1, 0.15) is 36.0 Å². The van der Waals surface area contributed by atoms with E-state index >= 15 is 0 Å². The molecule has 9 heteroatoms. The summed E-state index contributed by atoms with van der Waals surface area (Å²) in [7, 11) is 1.65. The second kappa shape index (κ2) is 13.5. The van der Waals surface area contributed by atoms with Crippen LogP contribution in [-0.2, 0) is 11.3 Å². The van der Waals surface area contributed by atoms with Crippen LogP contribution in [-0.4, -0.2) is 31.1 Å². The van der Waals surface area contributed by atoms with Gasteiger partial charge in [-0.1, -0.05) is 29.3 Å². The number of methoxy groups -OCH3 is 1. The minimum atomic E-state index is -0.128. The second-order valence-corrected chi connectivity index (χ2v) is 9.77. The Labute approximate surface area is 232 Å². The Hall–Kier alpha value is -4.26. The number of thiophene rings is 1. The predicted molar refractivity (Wildman–Crippen MR) is 156 cm³/mol. The standard InChI is InChI=1S/C30H31N5O3S/c1-4-5-23(16-29(31)34-35-32)22-7-9-24(10-8-22)38-18-21-6-11-28-26(15-21)27(19-39-28)30-20(2)14-25(17-33-30)37-13-12-36-3/h6-11,14-15,17,19,23H,12-13,16,18H2,1-3H3,(H3,31,32,34)/t23-/m0/s1. The first-order chi connectivity index (χ1) is 19.0. The summed E-state index contributed by atoms with van der Waals surface area (Å²) < 4.78 is 18.1. The minimum absolute atomic E-state index is 0.128. The van der Waals surface area contributed by atoms with Gasteiger partial charge in [-0.3, -0.25) is 4.98 Å². The highest BCUT2D eigenvalue weighted by Crippen LogP contribution is 2.36. The van der Waals surface area contributed by atoms with E-state index in [0.717, 1.165) is 44.8 Å². The highest BCUT2D eigenvalue weighted by atomic mass is 32.1. The summed E-state index contributed by atoms with van der Waals surface area (Å²) in [6.07, 6.45) is 2.17. The lowest BCUT2D eigenvalue weighted by molar-refractivity contribution is 0.146. The molecule has 0 saturated carbocycles. The Balaban J connectivity index is 1.47. The van der Waals surface area contributed by atoms with E-state index in [9.17, 15) is 0 Å². The van der Waals surface area contributed by atoms with Crippen molar-refractivity contribution in [3.63, 3.8) is 0 Å². The van der Waals surface area contributed by atoms with Crippen LogP contribution in [0, 0.1) is 24.3 Å². The third kappa shape index (κ3) is 7.19. The maximum absolute atomic E-state index is 6.86. The molecule has 0 aliphatic heterocycles. The third-order valence-electron chi connectivity index (χ3n) is 6.10. The van der Waals surface area contributed by atoms with Crippen molar-refractivity contribution in [3.05, 3.63) is 76.8 Å². The first kappa shape index (κ1) is 27.8. The quantitative estimate of drug-likeness (QED) is 0.0519. The average Bonchev–Trinajstić information content (AvgIpc) is 3.35. The van der Waals surface area contributed by atoms with Gasteiger partial charge in [-0.2, -0.15) is 5.53 Å². The summed E-state index contributed by atoms with van der Waals surface area (Å²) in [5.74, 6) is 7.73. The number of rotatable bonds is 12. The summed E-state index contributed by atoms with van der Waals surface area (Å²) in [6, 6.07) is 16.2. The van der Waals surface area contributed by atoms with Gasteiger partial charge < -0.3 is 19.9 Å². The Bertz CT molecular complexity index is 1520. The van der Waals surface area contributed by atoms with Gasteiger partial charge in [0.15, 0.2) is 0 Å². The van der Waals surface area contributed by atoms with Crippen molar-refractivity contribution >= 4 is 27.3 Å². The first-order valence-corrected chi connectivity index (χ1v) is 13.3. The number of fused-ring (bicyclic) bond motifs is 1. The Kier molecular flexibility index (Phi) is 9.62. The molecule has 0 saturated heterocycles. The molecule has 0 unspecified atom stereocenters. The van der Waals surface area contributed by atoms with E-state index in [1.165, 1.54) is 4.70 Å². The summed E-state index contributed by atoms with van der Waals surface area (Å²) in [5.41, 5.74) is 17.9. The molecule has 0 aliphatic carbocycles. The molecule has 200 valence electrons. The zero-order valence-electron chi connectivity index (χ0n) is 22.2. The van der Waals surface area contributed by atoms with E-state index in [4.69, 9.17) is 30.5 Å². The Morgan fingerprint density at radius 2 is 1.92 bits per heavy atom. The number of pyridine rings is 1. The van der Waals surface area contributed by atoms with Gasteiger partial charge in [0.25, 0.3) is 0 Å². The first-order valence-electron chi connectivity index (χ1n) is 12.4. The summed E-state index contributed by atoms with van der Waals surface area (Å²) in [4.78, 5) is 4.71. The smallest absolute Gasteiger partial charge is 0.138 e. The van der Waals surface area contributed by atoms with Gasteiger partial charge in [0.2, 0.25) is 0 Å². The van der Waals surface area contributed by atoms with Crippen LogP contribution >= 0.6 is 11.3 Å².